The van der Waals surface area contributed by atoms with Gasteiger partial charge in [0, 0.05) is 45.6 Å². The molecule has 0 spiro atoms. The number of aryl methyl sites for hydroxylation is 8. The molecule has 0 aliphatic heterocycles. The van der Waals surface area contributed by atoms with E-state index in [1.54, 1.807) is 12.1 Å². The molecular formula is C34H40BClN6O2. The summed E-state index contributed by atoms with van der Waals surface area (Å²) in [5, 5.41) is 19.3. The van der Waals surface area contributed by atoms with Crippen LogP contribution in [0.15, 0.2) is 78.9 Å². The first-order valence-electron chi connectivity index (χ1n) is 14.4. The standard InChI is InChI=1S/C17H20BN3O2.C17H19N3.ClH/c1-11-5-6-12(2)20(11)16-9-15(18(22)23)10-17(19-16)21-13(3)7-8-14(21)4;1-12-8-9-13(2)19(12)16-6-5-7-17(18-16)20-14(3)10-11-15(20)4;/h5-10,22-23H,1-4H3;5-11H,1-4H3;1H. The van der Waals surface area contributed by atoms with Crippen LogP contribution < -0.4 is 5.46 Å². The molecule has 0 bridgehead atoms. The first-order valence-corrected chi connectivity index (χ1v) is 14.4. The van der Waals surface area contributed by atoms with Gasteiger partial charge in [-0.1, -0.05) is 6.07 Å². The SMILES string of the molecule is Cc1ccc(C)n1-c1cc(B(O)O)cc(-n2c(C)ccc2C)n1.Cc1ccc(C)n1-c1cccc(-n2c(C)ccc2C)n1.Cl. The van der Waals surface area contributed by atoms with Crippen LogP contribution >= 0.6 is 12.4 Å². The number of pyridine rings is 2. The molecule has 0 aliphatic carbocycles. The zero-order chi connectivity index (χ0) is 31.0. The number of rotatable bonds is 5. The molecule has 6 rings (SSSR count). The van der Waals surface area contributed by atoms with Crippen molar-refractivity contribution in [2.45, 2.75) is 55.4 Å². The number of halogens is 1. The minimum absolute atomic E-state index is 0. The Kier molecular flexibility index (Phi) is 9.73. The fourth-order valence-corrected chi connectivity index (χ4v) is 5.68. The summed E-state index contributed by atoms with van der Waals surface area (Å²) in [4.78, 5) is 9.57. The Balaban J connectivity index is 0.000000198. The zero-order valence-corrected chi connectivity index (χ0v) is 27.4. The summed E-state index contributed by atoms with van der Waals surface area (Å²) < 4.78 is 8.36. The van der Waals surface area contributed by atoms with E-state index in [1.165, 1.54) is 22.8 Å². The van der Waals surface area contributed by atoms with Gasteiger partial charge in [-0.05, 0) is 134 Å². The van der Waals surface area contributed by atoms with Crippen molar-refractivity contribution in [3.8, 4) is 23.3 Å². The third kappa shape index (κ3) is 6.31. The topological polar surface area (TPSA) is 86.0 Å². The van der Waals surface area contributed by atoms with Crippen molar-refractivity contribution >= 4 is 25.0 Å². The second kappa shape index (κ2) is 13.1. The summed E-state index contributed by atoms with van der Waals surface area (Å²) in [6.45, 7) is 16.4. The lowest BCUT2D eigenvalue weighted by molar-refractivity contribution is 0.425. The second-order valence-corrected chi connectivity index (χ2v) is 11.2. The highest BCUT2D eigenvalue weighted by atomic mass is 35.5. The lowest BCUT2D eigenvalue weighted by atomic mass is 9.81. The van der Waals surface area contributed by atoms with Gasteiger partial charge in [0.05, 0.1) is 0 Å². The average Bonchev–Trinajstić information content (AvgIpc) is 3.70. The van der Waals surface area contributed by atoms with Gasteiger partial charge in [-0.25, -0.2) is 9.97 Å². The molecule has 0 aliphatic rings. The van der Waals surface area contributed by atoms with E-state index in [0.717, 1.165) is 34.4 Å². The van der Waals surface area contributed by atoms with Crippen molar-refractivity contribution in [1.29, 1.82) is 0 Å². The molecule has 44 heavy (non-hydrogen) atoms. The van der Waals surface area contributed by atoms with Crippen molar-refractivity contribution < 1.29 is 10.0 Å². The van der Waals surface area contributed by atoms with Gasteiger partial charge in [0.25, 0.3) is 0 Å². The van der Waals surface area contributed by atoms with Crippen LogP contribution in [-0.2, 0) is 0 Å². The Morgan fingerprint density at radius 3 is 0.955 bits per heavy atom. The van der Waals surface area contributed by atoms with Gasteiger partial charge in [-0.2, -0.15) is 0 Å². The minimum atomic E-state index is -1.54. The van der Waals surface area contributed by atoms with E-state index in [1.807, 2.05) is 61.1 Å². The predicted molar refractivity (Wildman–Crippen MR) is 181 cm³/mol. The number of hydrogen-bond donors (Lipinski definition) is 2. The van der Waals surface area contributed by atoms with E-state index < -0.39 is 7.12 Å². The maximum atomic E-state index is 9.65. The van der Waals surface area contributed by atoms with Crippen LogP contribution in [0.5, 0.6) is 0 Å². The minimum Gasteiger partial charge on any atom is -0.423 e. The molecule has 0 fully saturated rings. The van der Waals surface area contributed by atoms with Gasteiger partial charge in [-0.15, -0.1) is 12.4 Å². The Labute approximate surface area is 265 Å². The van der Waals surface area contributed by atoms with Crippen molar-refractivity contribution in [2.75, 3.05) is 0 Å². The molecular weight excluding hydrogens is 571 g/mol. The van der Waals surface area contributed by atoms with Crippen LogP contribution in [0.1, 0.15) is 45.6 Å². The molecule has 0 amide bonds. The van der Waals surface area contributed by atoms with E-state index in [-0.39, 0.29) is 12.4 Å². The molecule has 6 aromatic heterocycles. The normalized spacial score (nSPS) is 10.8. The molecule has 0 aromatic carbocycles. The van der Waals surface area contributed by atoms with Gasteiger partial charge in [0.1, 0.15) is 23.3 Å². The summed E-state index contributed by atoms with van der Waals surface area (Å²) in [5.74, 6) is 3.29. The van der Waals surface area contributed by atoms with Gasteiger partial charge >= 0.3 is 7.12 Å². The predicted octanol–water partition coefficient (Wildman–Crippen LogP) is 5.89. The molecule has 6 heterocycles. The fraction of sp³-hybridized carbons (Fsp3) is 0.235. The molecule has 228 valence electrons. The molecule has 0 unspecified atom stereocenters. The van der Waals surface area contributed by atoms with Crippen LogP contribution in [0.3, 0.4) is 0 Å². The third-order valence-corrected chi connectivity index (χ3v) is 7.84. The molecule has 10 heteroatoms. The van der Waals surface area contributed by atoms with Crippen molar-refractivity contribution in [3.63, 3.8) is 0 Å². The molecule has 0 saturated heterocycles. The van der Waals surface area contributed by atoms with Crippen molar-refractivity contribution in [2.24, 2.45) is 0 Å². The van der Waals surface area contributed by atoms with Crippen LogP contribution in [0.2, 0.25) is 0 Å². The van der Waals surface area contributed by atoms with E-state index in [9.17, 15) is 10.0 Å². The largest absolute Gasteiger partial charge is 0.488 e. The van der Waals surface area contributed by atoms with Gasteiger partial charge in [0.2, 0.25) is 0 Å². The highest BCUT2D eigenvalue weighted by Crippen LogP contribution is 2.20. The van der Waals surface area contributed by atoms with E-state index >= 15 is 0 Å². The van der Waals surface area contributed by atoms with Crippen molar-refractivity contribution in [1.82, 2.24) is 28.2 Å². The van der Waals surface area contributed by atoms with Crippen LogP contribution in [0.4, 0.5) is 0 Å². The van der Waals surface area contributed by atoms with Gasteiger partial charge in [0.15, 0.2) is 0 Å². The Morgan fingerprint density at radius 1 is 0.432 bits per heavy atom. The lowest BCUT2D eigenvalue weighted by Crippen LogP contribution is -2.31. The Bertz CT molecular complexity index is 1710. The third-order valence-electron chi connectivity index (χ3n) is 7.84. The summed E-state index contributed by atoms with van der Waals surface area (Å²) in [7, 11) is -1.54. The van der Waals surface area contributed by atoms with E-state index in [4.69, 9.17) is 9.97 Å². The monoisotopic (exact) mass is 610 g/mol. The zero-order valence-electron chi connectivity index (χ0n) is 26.6. The average molecular weight is 611 g/mol. The first kappa shape index (κ1) is 32.6. The summed E-state index contributed by atoms with van der Waals surface area (Å²) in [6.07, 6.45) is 0. The summed E-state index contributed by atoms with van der Waals surface area (Å²) >= 11 is 0. The molecule has 6 aromatic rings. The Morgan fingerprint density at radius 2 is 0.682 bits per heavy atom. The van der Waals surface area contributed by atoms with Gasteiger partial charge in [-0.3, -0.25) is 0 Å². The first-order chi connectivity index (χ1) is 20.5. The summed E-state index contributed by atoms with van der Waals surface area (Å²) in [6, 6.07) is 26.2. The van der Waals surface area contributed by atoms with Crippen LogP contribution in [0.25, 0.3) is 23.3 Å². The maximum Gasteiger partial charge on any atom is 0.488 e. The lowest BCUT2D eigenvalue weighted by Gasteiger charge is -2.15. The van der Waals surface area contributed by atoms with Crippen LogP contribution in [0, 0.1) is 55.4 Å². The highest BCUT2D eigenvalue weighted by molar-refractivity contribution is 6.58. The van der Waals surface area contributed by atoms with E-state index in [0.29, 0.717) is 17.1 Å². The van der Waals surface area contributed by atoms with Gasteiger partial charge < -0.3 is 28.3 Å². The molecule has 0 atom stereocenters. The maximum absolute atomic E-state index is 9.65. The number of nitrogens with zero attached hydrogens (tertiary/aromatic N) is 6. The Hall–Kier alpha value is -4.31. The molecule has 8 nitrogen and oxygen atoms in total. The smallest absolute Gasteiger partial charge is 0.423 e. The molecule has 0 radical (unpaired) electrons. The quantitative estimate of drug-likeness (QED) is 0.238. The fourth-order valence-electron chi connectivity index (χ4n) is 5.68. The van der Waals surface area contributed by atoms with E-state index in [2.05, 4.69) is 79.3 Å². The second-order valence-electron chi connectivity index (χ2n) is 11.2. The van der Waals surface area contributed by atoms with Crippen LogP contribution in [-0.4, -0.2) is 45.4 Å². The highest BCUT2D eigenvalue weighted by Gasteiger charge is 2.18. The molecule has 2 N–H and O–H groups in total. The summed E-state index contributed by atoms with van der Waals surface area (Å²) in [5.41, 5.74) is 9.42. The number of aromatic nitrogens is 6. The van der Waals surface area contributed by atoms with Crippen molar-refractivity contribution in [3.05, 3.63) is 124 Å². The number of hydrogen-bond acceptors (Lipinski definition) is 4. The molecule has 0 saturated carbocycles.